The minimum atomic E-state index is 0.0244. The molecule has 5 nitrogen and oxygen atoms in total. The molecule has 0 bridgehead atoms. The molecule has 0 radical (unpaired) electrons. The van der Waals surface area contributed by atoms with Crippen molar-refractivity contribution in [2.75, 3.05) is 7.11 Å². The summed E-state index contributed by atoms with van der Waals surface area (Å²) in [6, 6.07) is 15.8. The second-order valence-corrected chi connectivity index (χ2v) is 11.1. The fraction of sp³-hybridized carbons (Fsp3) is 0.240. The van der Waals surface area contributed by atoms with Crippen LogP contribution in [0.2, 0.25) is 0 Å². The predicted molar refractivity (Wildman–Crippen MR) is 138 cm³/mol. The van der Waals surface area contributed by atoms with E-state index in [2.05, 4.69) is 6.07 Å². The van der Waals surface area contributed by atoms with Crippen molar-refractivity contribution >= 4 is 54.9 Å². The molecule has 0 saturated heterocycles. The van der Waals surface area contributed by atoms with Crippen molar-refractivity contribution in [1.29, 1.82) is 0 Å². The second kappa shape index (κ2) is 8.59. The Morgan fingerprint density at radius 3 is 2.67 bits per heavy atom. The summed E-state index contributed by atoms with van der Waals surface area (Å²) in [6.45, 7) is 0. The topological polar surface area (TPSA) is 57.0 Å². The SMILES string of the molecule is COc1ccc(-n2c(SCc3nc4ccccc4s3)nc3sc4c(c3c2=O)CCCC4)cc1. The van der Waals surface area contributed by atoms with E-state index in [1.165, 1.54) is 21.6 Å². The predicted octanol–water partition coefficient (Wildman–Crippen LogP) is 6.24. The van der Waals surface area contributed by atoms with Gasteiger partial charge < -0.3 is 4.74 Å². The van der Waals surface area contributed by atoms with E-state index in [1.54, 1.807) is 46.1 Å². The number of hydrogen-bond donors (Lipinski definition) is 0. The van der Waals surface area contributed by atoms with Gasteiger partial charge in [0.2, 0.25) is 0 Å². The van der Waals surface area contributed by atoms with Gasteiger partial charge in [-0.2, -0.15) is 0 Å². The molecule has 3 aromatic heterocycles. The van der Waals surface area contributed by atoms with Gasteiger partial charge in [0.1, 0.15) is 15.6 Å². The summed E-state index contributed by atoms with van der Waals surface area (Å²) in [5.41, 5.74) is 3.05. The highest BCUT2D eigenvalue weighted by Crippen LogP contribution is 2.36. The van der Waals surface area contributed by atoms with E-state index in [-0.39, 0.29) is 5.56 Å². The van der Waals surface area contributed by atoms with Crippen molar-refractivity contribution in [3.63, 3.8) is 0 Å². The van der Waals surface area contributed by atoms with Crippen LogP contribution in [0.15, 0.2) is 58.5 Å². The van der Waals surface area contributed by atoms with E-state index in [4.69, 9.17) is 14.7 Å². The number of aryl methyl sites for hydroxylation is 2. The van der Waals surface area contributed by atoms with Gasteiger partial charge in [-0.05, 0) is 67.6 Å². The summed E-state index contributed by atoms with van der Waals surface area (Å²) in [7, 11) is 1.64. The van der Waals surface area contributed by atoms with Crippen LogP contribution < -0.4 is 10.3 Å². The van der Waals surface area contributed by atoms with Gasteiger partial charge in [0.05, 0.1) is 34.2 Å². The Labute approximate surface area is 203 Å². The maximum absolute atomic E-state index is 13.9. The standard InChI is InChI=1S/C25H21N3O2S3/c1-30-16-12-10-15(11-13-16)28-24(29)22-17-6-2-4-8-19(17)33-23(22)27-25(28)31-14-21-26-18-7-3-5-9-20(18)32-21/h3,5,7,9-13H,2,4,6,8,14H2,1H3. The smallest absolute Gasteiger partial charge is 0.267 e. The number of thiazole rings is 1. The Hall–Kier alpha value is -2.68. The van der Waals surface area contributed by atoms with E-state index < -0.39 is 0 Å². The highest BCUT2D eigenvalue weighted by molar-refractivity contribution is 7.98. The minimum Gasteiger partial charge on any atom is -0.497 e. The number of fused-ring (bicyclic) bond motifs is 4. The molecule has 3 heterocycles. The Morgan fingerprint density at radius 1 is 1.03 bits per heavy atom. The molecule has 0 N–H and O–H groups in total. The zero-order valence-corrected chi connectivity index (χ0v) is 20.5. The van der Waals surface area contributed by atoms with Crippen LogP contribution in [0.4, 0.5) is 0 Å². The highest BCUT2D eigenvalue weighted by Gasteiger charge is 2.23. The molecule has 166 valence electrons. The number of ether oxygens (including phenoxy) is 1. The van der Waals surface area contributed by atoms with Crippen LogP contribution in [0.3, 0.4) is 0 Å². The quantitative estimate of drug-likeness (QED) is 0.215. The largest absolute Gasteiger partial charge is 0.497 e. The zero-order chi connectivity index (χ0) is 22.4. The molecule has 1 aliphatic rings. The van der Waals surface area contributed by atoms with E-state index in [0.717, 1.165) is 51.4 Å². The third kappa shape index (κ3) is 3.76. The second-order valence-electron chi connectivity index (χ2n) is 7.99. The molecule has 6 rings (SSSR count). The van der Waals surface area contributed by atoms with E-state index in [0.29, 0.717) is 10.9 Å². The number of thioether (sulfide) groups is 1. The average molecular weight is 492 g/mol. The maximum atomic E-state index is 13.9. The lowest BCUT2D eigenvalue weighted by Crippen LogP contribution is -2.22. The molecule has 0 spiro atoms. The molecule has 0 saturated carbocycles. The number of aromatic nitrogens is 3. The molecule has 0 fully saturated rings. The minimum absolute atomic E-state index is 0.0244. The number of methoxy groups -OCH3 is 1. The lowest BCUT2D eigenvalue weighted by molar-refractivity contribution is 0.414. The summed E-state index contributed by atoms with van der Waals surface area (Å²) in [5.74, 6) is 1.43. The van der Waals surface area contributed by atoms with E-state index in [1.807, 2.05) is 42.5 Å². The number of nitrogens with zero attached hydrogens (tertiary/aromatic N) is 3. The number of hydrogen-bond acceptors (Lipinski definition) is 7. The van der Waals surface area contributed by atoms with Gasteiger partial charge in [0.25, 0.3) is 5.56 Å². The van der Waals surface area contributed by atoms with Crippen LogP contribution in [0.25, 0.3) is 26.1 Å². The van der Waals surface area contributed by atoms with Crippen molar-refractivity contribution in [3.8, 4) is 11.4 Å². The highest BCUT2D eigenvalue weighted by atomic mass is 32.2. The monoisotopic (exact) mass is 491 g/mol. The molecular formula is C25H21N3O2S3. The average Bonchev–Trinajstić information content (AvgIpc) is 3.44. The van der Waals surface area contributed by atoms with Gasteiger partial charge in [0.15, 0.2) is 5.16 Å². The Bertz CT molecular complexity index is 1500. The maximum Gasteiger partial charge on any atom is 0.267 e. The summed E-state index contributed by atoms with van der Waals surface area (Å²) in [4.78, 5) is 25.8. The van der Waals surface area contributed by atoms with Crippen molar-refractivity contribution in [1.82, 2.24) is 14.5 Å². The first kappa shape index (κ1) is 20.9. The van der Waals surface area contributed by atoms with E-state index in [9.17, 15) is 4.79 Å². The number of para-hydroxylation sites is 1. The van der Waals surface area contributed by atoms with Gasteiger partial charge in [-0.3, -0.25) is 9.36 Å². The van der Waals surface area contributed by atoms with Crippen molar-refractivity contribution in [2.45, 2.75) is 36.6 Å². The van der Waals surface area contributed by atoms with Crippen LogP contribution in [0.1, 0.15) is 28.3 Å². The molecule has 0 atom stereocenters. The Morgan fingerprint density at radius 2 is 1.85 bits per heavy atom. The molecule has 2 aromatic carbocycles. The normalized spacial score (nSPS) is 13.5. The molecular weight excluding hydrogens is 470 g/mol. The number of benzene rings is 2. The van der Waals surface area contributed by atoms with Gasteiger partial charge in [-0.25, -0.2) is 9.97 Å². The third-order valence-corrected chi connectivity index (χ3v) is 9.31. The Balaban J connectivity index is 1.47. The third-order valence-electron chi connectivity index (χ3n) is 5.95. The van der Waals surface area contributed by atoms with Crippen LogP contribution in [0.5, 0.6) is 5.75 Å². The van der Waals surface area contributed by atoms with Gasteiger partial charge >= 0.3 is 0 Å². The lowest BCUT2D eigenvalue weighted by Gasteiger charge is -2.13. The first-order valence-corrected chi connectivity index (χ1v) is 13.5. The molecule has 5 aromatic rings. The molecule has 8 heteroatoms. The number of thiophene rings is 1. The van der Waals surface area contributed by atoms with Crippen molar-refractivity contribution < 1.29 is 4.74 Å². The van der Waals surface area contributed by atoms with Crippen LogP contribution in [-0.2, 0) is 18.6 Å². The van der Waals surface area contributed by atoms with E-state index >= 15 is 0 Å². The van der Waals surface area contributed by atoms with Crippen LogP contribution in [0, 0.1) is 0 Å². The summed E-state index contributed by atoms with van der Waals surface area (Å²) in [5, 5.41) is 2.53. The summed E-state index contributed by atoms with van der Waals surface area (Å²) < 4.78 is 8.26. The molecule has 0 amide bonds. The molecule has 0 unspecified atom stereocenters. The summed E-state index contributed by atoms with van der Waals surface area (Å²) >= 11 is 4.95. The van der Waals surface area contributed by atoms with Crippen LogP contribution >= 0.6 is 34.4 Å². The number of rotatable bonds is 5. The van der Waals surface area contributed by atoms with Gasteiger partial charge in [-0.1, -0.05) is 23.9 Å². The fourth-order valence-corrected chi connectivity index (χ4v) is 7.63. The molecule has 0 aliphatic heterocycles. The zero-order valence-electron chi connectivity index (χ0n) is 18.0. The van der Waals surface area contributed by atoms with Crippen molar-refractivity contribution in [3.05, 3.63) is 74.3 Å². The fourth-order valence-electron chi connectivity index (χ4n) is 4.35. The Kier molecular flexibility index (Phi) is 5.44. The van der Waals surface area contributed by atoms with Gasteiger partial charge in [-0.15, -0.1) is 22.7 Å². The first-order chi connectivity index (χ1) is 16.2. The molecule has 1 aliphatic carbocycles. The van der Waals surface area contributed by atoms with Gasteiger partial charge in [0, 0.05) is 4.88 Å². The van der Waals surface area contributed by atoms with Crippen LogP contribution in [-0.4, -0.2) is 21.6 Å². The first-order valence-electron chi connectivity index (χ1n) is 10.9. The summed E-state index contributed by atoms with van der Waals surface area (Å²) in [6.07, 6.45) is 4.33. The van der Waals surface area contributed by atoms with Crippen molar-refractivity contribution in [2.24, 2.45) is 0 Å². The lowest BCUT2D eigenvalue weighted by atomic mass is 9.97. The molecule has 33 heavy (non-hydrogen) atoms.